The zero-order valence-electron chi connectivity index (χ0n) is 10.7. The Hall–Kier alpha value is -2.04. The summed E-state index contributed by atoms with van der Waals surface area (Å²) in [6.45, 7) is 4.20. The fraction of sp³-hybridized carbons (Fsp3) is 0.385. The lowest BCUT2D eigenvalue weighted by molar-refractivity contribution is -0.142. The van der Waals surface area contributed by atoms with Crippen molar-refractivity contribution in [2.24, 2.45) is 0 Å². The molecule has 0 aliphatic carbocycles. The molecule has 0 aromatic heterocycles. The van der Waals surface area contributed by atoms with Crippen molar-refractivity contribution in [3.05, 3.63) is 29.3 Å². The molecular formula is C13H18N2O3. The summed E-state index contributed by atoms with van der Waals surface area (Å²) in [6, 6.07) is 5.06. The zero-order chi connectivity index (χ0) is 13.5. The van der Waals surface area contributed by atoms with Gasteiger partial charge in [0.25, 0.3) is 5.91 Å². The van der Waals surface area contributed by atoms with Crippen molar-refractivity contribution in [3.8, 4) is 0 Å². The van der Waals surface area contributed by atoms with E-state index in [1.807, 2.05) is 6.92 Å². The molecule has 0 saturated carbocycles. The summed E-state index contributed by atoms with van der Waals surface area (Å²) in [5.41, 5.74) is 7.71. The molecule has 0 spiro atoms. The van der Waals surface area contributed by atoms with Gasteiger partial charge in [0.2, 0.25) is 0 Å². The van der Waals surface area contributed by atoms with Crippen molar-refractivity contribution in [1.29, 1.82) is 0 Å². The second kappa shape index (κ2) is 6.64. The van der Waals surface area contributed by atoms with Gasteiger partial charge in [0.05, 0.1) is 13.0 Å². The number of aryl methyl sites for hydroxylation is 1. The second-order valence-electron chi connectivity index (χ2n) is 3.88. The molecule has 1 aromatic carbocycles. The first-order valence-electron chi connectivity index (χ1n) is 5.84. The summed E-state index contributed by atoms with van der Waals surface area (Å²) >= 11 is 0. The molecular weight excluding hydrogens is 232 g/mol. The standard InChI is InChI=1S/C13H18N2O3/c1-3-18-12(16)6-7-15-13(17)10-4-5-11(14)9(2)8-10/h4-5,8H,3,6-7,14H2,1-2H3,(H,15,17). The van der Waals surface area contributed by atoms with E-state index in [1.54, 1.807) is 25.1 Å². The van der Waals surface area contributed by atoms with Crippen molar-refractivity contribution in [3.63, 3.8) is 0 Å². The van der Waals surface area contributed by atoms with E-state index in [4.69, 9.17) is 10.5 Å². The second-order valence-corrected chi connectivity index (χ2v) is 3.88. The number of anilines is 1. The molecule has 3 N–H and O–H groups in total. The van der Waals surface area contributed by atoms with Crippen LogP contribution in [0.25, 0.3) is 0 Å². The van der Waals surface area contributed by atoms with Crippen molar-refractivity contribution >= 4 is 17.6 Å². The Morgan fingerprint density at radius 1 is 1.39 bits per heavy atom. The van der Waals surface area contributed by atoms with Gasteiger partial charge in [-0.25, -0.2) is 0 Å². The number of ether oxygens (including phenoxy) is 1. The summed E-state index contributed by atoms with van der Waals surface area (Å²) < 4.78 is 4.76. The molecule has 0 aliphatic rings. The van der Waals surface area contributed by atoms with Crippen molar-refractivity contribution < 1.29 is 14.3 Å². The topological polar surface area (TPSA) is 81.4 Å². The molecule has 0 saturated heterocycles. The van der Waals surface area contributed by atoms with Gasteiger partial charge in [-0.3, -0.25) is 9.59 Å². The lowest BCUT2D eigenvalue weighted by Crippen LogP contribution is -2.26. The number of hydrogen-bond acceptors (Lipinski definition) is 4. The quantitative estimate of drug-likeness (QED) is 0.609. The van der Waals surface area contributed by atoms with Gasteiger partial charge in [0.1, 0.15) is 0 Å². The van der Waals surface area contributed by atoms with Crippen LogP contribution < -0.4 is 11.1 Å². The maximum absolute atomic E-state index is 11.7. The number of nitrogens with two attached hydrogens (primary N) is 1. The van der Waals surface area contributed by atoms with Gasteiger partial charge in [-0.1, -0.05) is 0 Å². The van der Waals surface area contributed by atoms with E-state index in [2.05, 4.69) is 5.32 Å². The van der Waals surface area contributed by atoms with Crippen LogP contribution in [0.1, 0.15) is 29.3 Å². The summed E-state index contributed by atoms with van der Waals surface area (Å²) in [4.78, 5) is 22.8. The van der Waals surface area contributed by atoms with Crippen LogP contribution in [0.5, 0.6) is 0 Å². The Morgan fingerprint density at radius 3 is 2.72 bits per heavy atom. The number of carbonyl (C=O) groups is 2. The Morgan fingerprint density at radius 2 is 2.11 bits per heavy atom. The number of nitrogen functional groups attached to an aromatic ring is 1. The number of nitrogens with one attached hydrogen (secondary N) is 1. The van der Waals surface area contributed by atoms with E-state index >= 15 is 0 Å². The van der Waals surface area contributed by atoms with Crippen LogP contribution in [-0.4, -0.2) is 25.0 Å². The van der Waals surface area contributed by atoms with Crippen molar-refractivity contribution in [1.82, 2.24) is 5.32 Å². The molecule has 18 heavy (non-hydrogen) atoms. The molecule has 0 heterocycles. The van der Waals surface area contributed by atoms with E-state index in [1.165, 1.54) is 0 Å². The normalized spacial score (nSPS) is 9.89. The largest absolute Gasteiger partial charge is 0.466 e. The smallest absolute Gasteiger partial charge is 0.307 e. The van der Waals surface area contributed by atoms with E-state index < -0.39 is 0 Å². The fourth-order valence-electron chi connectivity index (χ4n) is 1.43. The highest BCUT2D eigenvalue weighted by Gasteiger charge is 2.07. The first-order chi connectivity index (χ1) is 8.54. The molecule has 1 aromatic rings. The predicted octanol–water partition coefficient (Wildman–Crippen LogP) is 1.26. The van der Waals surface area contributed by atoms with Gasteiger partial charge in [0, 0.05) is 17.8 Å². The van der Waals surface area contributed by atoms with E-state index in [-0.39, 0.29) is 24.8 Å². The number of rotatable bonds is 5. The minimum Gasteiger partial charge on any atom is -0.466 e. The Kier molecular flexibility index (Phi) is 5.17. The SMILES string of the molecule is CCOC(=O)CCNC(=O)c1ccc(N)c(C)c1. The number of hydrogen-bond donors (Lipinski definition) is 2. The third kappa shape index (κ3) is 4.08. The van der Waals surface area contributed by atoms with Crippen molar-refractivity contribution in [2.45, 2.75) is 20.3 Å². The molecule has 1 rings (SSSR count). The first kappa shape index (κ1) is 14.0. The highest BCUT2D eigenvalue weighted by molar-refractivity contribution is 5.95. The van der Waals surface area contributed by atoms with Gasteiger partial charge < -0.3 is 15.8 Å². The average molecular weight is 250 g/mol. The van der Waals surface area contributed by atoms with Crippen molar-refractivity contribution in [2.75, 3.05) is 18.9 Å². The summed E-state index contributed by atoms with van der Waals surface area (Å²) in [5, 5.41) is 2.65. The van der Waals surface area contributed by atoms with Gasteiger partial charge in [-0.2, -0.15) is 0 Å². The Labute approximate surface area is 106 Å². The fourth-order valence-corrected chi connectivity index (χ4v) is 1.43. The van der Waals surface area contributed by atoms with Gasteiger partial charge >= 0.3 is 5.97 Å². The number of esters is 1. The van der Waals surface area contributed by atoms with Crippen LogP contribution in [-0.2, 0) is 9.53 Å². The Bertz CT molecular complexity index is 444. The highest BCUT2D eigenvalue weighted by Crippen LogP contribution is 2.12. The molecule has 98 valence electrons. The summed E-state index contributed by atoms with van der Waals surface area (Å²) in [6.07, 6.45) is 0.174. The monoisotopic (exact) mass is 250 g/mol. The lowest BCUT2D eigenvalue weighted by Gasteiger charge is -2.07. The molecule has 0 bridgehead atoms. The third-order valence-corrected chi connectivity index (χ3v) is 2.45. The zero-order valence-corrected chi connectivity index (χ0v) is 10.7. The predicted molar refractivity (Wildman–Crippen MR) is 69.2 cm³/mol. The summed E-state index contributed by atoms with van der Waals surface area (Å²) in [7, 11) is 0. The molecule has 0 radical (unpaired) electrons. The van der Waals surface area contributed by atoms with Crippen LogP contribution >= 0.6 is 0 Å². The van der Waals surface area contributed by atoms with Gasteiger partial charge in [-0.15, -0.1) is 0 Å². The van der Waals surface area contributed by atoms with Crippen LogP contribution in [0, 0.1) is 6.92 Å². The van der Waals surface area contributed by atoms with Gasteiger partial charge in [0.15, 0.2) is 0 Å². The van der Waals surface area contributed by atoms with E-state index in [0.29, 0.717) is 17.9 Å². The molecule has 0 aliphatic heterocycles. The van der Waals surface area contributed by atoms with E-state index in [0.717, 1.165) is 5.56 Å². The molecule has 5 heteroatoms. The van der Waals surface area contributed by atoms with Crippen LogP contribution in [0.4, 0.5) is 5.69 Å². The summed E-state index contributed by atoms with van der Waals surface area (Å²) in [5.74, 6) is -0.534. The molecule has 0 unspecified atom stereocenters. The molecule has 5 nitrogen and oxygen atoms in total. The minimum absolute atomic E-state index is 0.174. The number of carbonyl (C=O) groups excluding carboxylic acids is 2. The van der Waals surface area contributed by atoms with Crippen LogP contribution in [0.2, 0.25) is 0 Å². The minimum atomic E-state index is -0.314. The number of benzene rings is 1. The first-order valence-corrected chi connectivity index (χ1v) is 5.84. The lowest BCUT2D eigenvalue weighted by atomic mass is 10.1. The highest BCUT2D eigenvalue weighted by atomic mass is 16.5. The van der Waals surface area contributed by atoms with E-state index in [9.17, 15) is 9.59 Å². The molecule has 0 atom stereocenters. The Balaban J connectivity index is 2.45. The third-order valence-electron chi connectivity index (χ3n) is 2.45. The average Bonchev–Trinajstić information content (AvgIpc) is 2.33. The maximum Gasteiger partial charge on any atom is 0.307 e. The van der Waals surface area contributed by atoms with Crippen LogP contribution in [0.3, 0.4) is 0 Å². The number of amides is 1. The van der Waals surface area contributed by atoms with Gasteiger partial charge in [-0.05, 0) is 37.6 Å². The molecule has 1 amide bonds. The maximum atomic E-state index is 11.7. The molecule has 0 fully saturated rings. The van der Waals surface area contributed by atoms with Crippen LogP contribution in [0.15, 0.2) is 18.2 Å².